The molecule has 0 heterocycles. The van der Waals surface area contributed by atoms with Crippen LogP contribution < -0.4 is 0 Å². The van der Waals surface area contributed by atoms with Gasteiger partial charge in [-0.15, -0.1) is 0 Å². The fourth-order valence-corrected chi connectivity index (χ4v) is 2.01. The quantitative estimate of drug-likeness (QED) is 0.795. The summed E-state index contributed by atoms with van der Waals surface area (Å²) in [5.41, 5.74) is -0.634. The summed E-state index contributed by atoms with van der Waals surface area (Å²) in [6.45, 7) is -0.349. The highest BCUT2D eigenvalue weighted by Gasteiger charge is 2.30. The molecule has 0 saturated carbocycles. The third kappa shape index (κ3) is 4.13. The Kier molecular flexibility index (Phi) is 5.23. The normalized spacial score (nSPS) is 11.0. The molecule has 0 unspecified atom stereocenters. The largest absolute Gasteiger partial charge is 0.465 e. The van der Waals surface area contributed by atoms with Crippen LogP contribution in [0.2, 0.25) is 0 Å². The molecule has 2 rings (SSSR count). The van der Waals surface area contributed by atoms with E-state index in [1.54, 1.807) is 6.07 Å². The SMILES string of the molecule is COC(=O)c1ccccc1C(=O)OCc1cccc(C(F)(F)F)c1. The van der Waals surface area contributed by atoms with E-state index < -0.39 is 23.7 Å². The molecule has 0 aromatic heterocycles. The molecule has 0 aliphatic rings. The van der Waals surface area contributed by atoms with Gasteiger partial charge in [0, 0.05) is 0 Å². The number of benzene rings is 2. The van der Waals surface area contributed by atoms with Gasteiger partial charge in [-0.3, -0.25) is 0 Å². The number of hydrogen-bond acceptors (Lipinski definition) is 4. The number of ether oxygens (including phenoxy) is 2. The van der Waals surface area contributed by atoms with Gasteiger partial charge in [-0.05, 0) is 29.8 Å². The summed E-state index contributed by atoms with van der Waals surface area (Å²) >= 11 is 0. The molecule has 0 radical (unpaired) electrons. The first-order chi connectivity index (χ1) is 11.3. The third-order valence-electron chi connectivity index (χ3n) is 3.18. The molecule has 0 bridgehead atoms. The van der Waals surface area contributed by atoms with Gasteiger partial charge in [0.1, 0.15) is 6.61 Å². The maximum atomic E-state index is 12.7. The lowest BCUT2D eigenvalue weighted by Gasteiger charge is -2.10. The van der Waals surface area contributed by atoms with Crippen LogP contribution in [0, 0.1) is 0 Å². The highest BCUT2D eigenvalue weighted by atomic mass is 19.4. The van der Waals surface area contributed by atoms with E-state index >= 15 is 0 Å². The molecule has 0 amide bonds. The zero-order valence-electron chi connectivity index (χ0n) is 12.6. The van der Waals surface area contributed by atoms with E-state index in [2.05, 4.69) is 4.74 Å². The van der Waals surface area contributed by atoms with Crippen molar-refractivity contribution in [3.63, 3.8) is 0 Å². The molecule has 0 atom stereocenters. The lowest BCUT2D eigenvalue weighted by atomic mass is 10.1. The van der Waals surface area contributed by atoms with Crippen molar-refractivity contribution in [1.29, 1.82) is 0 Å². The predicted molar refractivity (Wildman–Crippen MR) is 78.3 cm³/mol. The monoisotopic (exact) mass is 338 g/mol. The number of hydrogen-bond donors (Lipinski definition) is 0. The second kappa shape index (κ2) is 7.16. The summed E-state index contributed by atoms with van der Waals surface area (Å²) in [6, 6.07) is 10.3. The number of carbonyl (C=O) groups is 2. The minimum atomic E-state index is -4.47. The predicted octanol–water partition coefficient (Wildman–Crippen LogP) is 3.85. The van der Waals surface area contributed by atoms with Gasteiger partial charge in [0.2, 0.25) is 0 Å². The van der Waals surface area contributed by atoms with Crippen LogP contribution in [0.4, 0.5) is 13.2 Å². The van der Waals surface area contributed by atoms with Crippen molar-refractivity contribution < 1.29 is 32.2 Å². The molecule has 0 spiro atoms. The summed E-state index contributed by atoms with van der Waals surface area (Å²) < 4.78 is 47.5. The number of methoxy groups -OCH3 is 1. The Bertz CT molecular complexity index is 753. The highest BCUT2D eigenvalue weighted by Crippen LogP contribution is 2.29. The molecule has 0 N–H and O–H groups in total. The molecule has 0 saturated heterocycles. The molecule has 4 nitrogen and oxygen atoms in total. The van der Waals surface area contributed by atoms with Gasteiger partial charge < -0.3 is 9.47 Å². The van der Waals surface area contributed by atoms with Crippen LogP contribution in [0.3, 0.4) is 0 Å². The molecule has 126 valence electrons. The van der Waals surface area contributed by atoms with Crippen LogP contribution in [0.5, 0.6) is 0 Å². The zero-order valence-corrected chi connectivity index (χ0v) is 12.6. The van der Waals surface area contributed by atoms with Gasteiger partial charge in [0.15, 0.2) is 0 Å². The summed E-state index contributed by atoms with van der Waals surface area (Å²) in [6.07, 6.45) is -4.47. The highest BCUT2D eigenvalue weighted by molar-refractivity contribution is 6.03. The van der Waals surface area contributed by atoms with Crippen molar-refractivity contribution in [2.24, 2.45) is 0 Å². The molecular formula is C17H13F3O4. The molecule has 2 aromatic carbocycles. The fourth-order valence-electron chi connectivity index (χ4n) is 2.01. The Balaban J connectivity index is 2.14. The Morgan fingerprint density at radius 3 is 2.17 bits per heavy atom. The third-order valence-corrected chi connectivity index (χ3v) is 3.18. The Morgan fingerprint density at radius 1 is 0.958 bits per heavy atom. The second-order valence-corrected chi connectivity index (χ2v) is 4.81. The van der Waals surface area contributed by atoms with Gasteiger partial charge >= 0.3 is 18.1 Å². The standard InChI is InChI=1S/C17H13F3O4/c1-23-15(21)13-7-2-3-8-14(13)16(22)24-10-11-5-4-6-12(9-11)17(18,19)20/h2-9H,10H2,1H3. The van der Waals surface area contributed by atoms with Gasteiger partial charge in [-0.2, -0.15) is 13.2 Å². The smallest absolute Gasteiger partial charge is 0.416 e. The maximum absolute atomic E-state index is 12.7. The first kappa shape index (κ1) is 17.5. The lowest BCUT2D eigenvalue weighted by molar-refractivity contribution is -0.137. The Morgan fingerprint density at radius 2 is 1.58 bits per heavy atom. The van der Waals surface area contributed by atoms with E-state index in [-0.39, 0.29) is 23.3 Å². The first-order valence-electron chi connectivity index (χ1n) is 6.83. The average Bonchev–Trinajstić information content (AvgIpc) is 2.58. The van der Waals surface area contributed by atoms with Crippen LogP contribution in [-0.2, 0) is 22.3 Å². The number of rotatable bonds is 4. The lowest BCUT2D eigenvalue weighted by Crippen LogP contribution is -2.13. The van der Waals surface area contributed by atoms with Crippen LogP contribution in [0.1, 0.15) is 31.8 Å². The van der Waals surface area contributed by atoms with E-state index in [9.17, 15) is 22.8 Å². The Hall–Kier alpha value is -2.83. The Labute approximate surface area is 135 Å². The van der Waals surface area contributed by atoms with Gasteiger partial charge in [-0.25, -0.2) is 9.59 Å². The van der Waals surface area contributed by atoms with Crippen molar-refractivity contribution >= 4 is 11.9 Å². The van der Waals surface area contributed by atoms with Crippen molar-refractivity contribution in [2.45, 2.75) is 12.8 Å². The molecule has 0 fully saturated rings. The van der Waals surface area contributed by atoms with E-state index in [0.717, 1.165) is 12.1 Å². The van der Waals surface area contributed by atoms with Gasteiger partial charge in [0.25, 0.3) is 0 Å². The van der Waals surface area contributed by atoms with Gasteiger partial charge in [-0.1, -0.05) is 24.3 Å². The number of carbonyl (C=O) groups excluding carboxylic acids is 2. The average molecular weight is 338 g/mol. The molecule has 2 aromatic rings. The van der Waals surface area contributed by atoms with Crippen molar-refractivity contribution in [1.82, 2.24) is 0 Å². The van der Waals surface area contributed by atoms with Gasteiger partial charge in [0.05, 0.1) is 23.8 Å². The first-order valence-corrected chi connectivity index (χ1v) is 6.83. The van der Waals surface area contributed by atoms with Crippen molar-refractivity contribution in [3.05, 3.63) is 70.8 Å². The minimum absolute atomic E-state index is 0.0173. The fraction of sp³-hybridized carbons (Fsp3) is 0.176. The molecular weight excluding hydrogens is 325 g/mol. The molecule has 7 heteroatoms. The van der Waals surface area contributed by atoms with E-state index in [1.807, 2.05) is 0 Å². The van der Waals surface area contributed by atoms with E-state index in [4.69, 9.17) is 4.74 Å². The van der Waals surface area contributed by atoms with E-state index in [0.29, 0.717) is 0 Å². The van der Waals surface area contributed by atoms with E-state index in [1.165, 1.54) is 37.4 Å². The van der Waals surface area contributed by atoms with Crippen molar-refractivity contribution in [3.8, 4) is 0 Å². The summed E-state index contributed by atoms with van der Waals surface area (Å²) in [4.78, 5) is 23.7. The van der Waals surface area contributed by atoms with Crippen LogP contribution in [-0.4, -0.2) is 19.0 Å². The molecule has 0 aliphatic carbocycles. The summed E-state index contributed by atoms with van der Waals surface area (Å²) in [5.74, 6) is -1.53. The number of halogens is 3. The summed E-state index contributed by atoms with van der Waals surface area (Å²) in [7, 11) is 1.17. The topological polar surface area (TPSA) is 52.6 Å². The van der Waals surface area contributed by atoms with Crippen LogP contribution >= 0.6 is 0 Å². The van der Waals surface area contributed by atoms with Crippen molar-refractivity contribution in [2.75, 3.05) is 7.11 Å². The molecule has 0 aliphatic heterocycles. The van der Waals surface area contributed by atoms with Crippen LogP contribution in [0.15, 0.2) is 48.5 Å². The zero-order chi connectivity index (χ0) is 17.7. The maximum Gasteiger partial charge on any atom is 0.416 e. The van der Waals surface area contributed by atoms with Crippen LogP contribution in [0.25, 0.3) is 0 Å². The number of esters is 2. The number of alkyl halides is 3. The second-order valence-electron chi connectivity index (χ2n) is 4.81. The molecule has 24 heavy (non-hydrogen) atoms. The summed E-state index contributed by atoms with van der Waals surface area (Å²) in [5, 5.41) is 0. The minimum Gasteiger partial charge on any atom is -0.465 e.